The van der Waals surface area contributed by atoms with Crippen LogP contribution in [0, 0.1) is 0 Å². The Hall–Kier alpha value is -1.67. The predicted molar refractivity (Wildman–Crippen MR) is 65.7 cm³/mol. The third-order valence-corrected chi connectivity index (χ3v) is 2.61. The monoisotopic (exact) mass is 218 g/mol. The summed E-state index contributed by atoms with van der Waals surface area (Å²) in [6, 6.07) is 13.2. The van der Waals surface area contributed by atoms with Crippen LogP contribution in [-0.4, -0.2) is 0 Å². The van der Waals surface area contributed by atoms with Gasteiger partial charge in [-0.05, 0) is 23.8 Å². The van der Waals surface area contributed by atoms with Gasteiger partial charge in [-0.1, -0.05) is 35.9 Å². The molecule has 0 aliphatic carbocycles. The highest BCUT2D eigenvalue weighted by molar-refractivity contribution is 6.33. The molecule has 2 nitrogen and oxygen atoms in total. The minimum absolute atomic E-state index is 0.563. The third kappa shape index (κ3) is 1.90. The van der Waals surface area contributed by atoms with Gasteiger partial charge in [0.05, 0.1) is 10.7 Å². The van der Waals surface area contributed by atoms with Crippen molar-refractivity contribution in [2.45, 2.75) is 0 Å². The maximum absolute atomic E-state index is 5.87. The van der Waals surface area contributed by atoms with Gasteiger partial charge in [0, 0.05) is 11.3 Å². The Balaban J connectivity index is 2.55. The van der Waals surface area contributed by atoms with E-state index >= 15 is 0 Å². The Labute approximate surface area is 93.5 Å². The molecule has 4 N–H and O–H groups in total. The number of hydrogen-bond donors (Lipinski definition) is 2. The van der Waals surface area contributed by atoms with Gasteiger partial charge in [0.2, 0.25) is 0 Å². The average Bonchev–Trinajstić information content (AvgIpc) is 2.23. The molecule has 0 aliphatic rings. The number of anilines is 2. The molecule has 2 aromatic rings. The number of hydrogen-bond acceptors (Lipinski definition) is 2. The van der Waals surface area contributed by atoms with Crippen LogP contribution in [0.5, 0.6) is 0 Å². The van der Waals surface area contributed by atoms with E-state index in [9.17, 15) is 0 Å². The topological polar surface area (TPSA) is 52.0 Å². The van der Waals surface area contributed by atoms with E-state index in [1.165, 1.54) is 0 Å². The van der Waals surface area contributed by atoms with Gasteiger partial charge in [-0.25, -0.2) is 0 Å². The fourth-order valence-corrected chi connectivity index (χ4v) is 1.59. The van der Waals surface area contributed by atoms with E-state index in [2.05, 4.69) is 0 Å². The molecule has 2 aromatic carbocycles. The van der Waals surface area contributed by atoms with Crippen LogP contribution in [0.3, 0.4) is 0 Å². The molecule has 0 spiro atoms. The second-order valence-corrected chi connectivity index (χ2v) is 3.73. The van der Waals surface area contributed by atoms with Crippen LogP contribution >= 0.6 is 11.6 Å². The predicted octanol–water partition coefficient (Wildman–Crippen LogP) is 3.17. The first-order valence-corrected chi connectivity index (χ1v) is 4.96. The summed E-state index contributed by atoms with van der Waals surface area (Å²) >= 11 is 5.85. The second-order valence-electron chi connectivity index (χ2n) is 3.32. The highest BCUT2D eigenvalue weighted by Crippen LogP contribution is 2.29. The van der Waals surface area contributed by atoms with Crippen LogP contribution in [0.15, 0.2) is 42.5 Å². The van der Waals surface area contributed by atoms with Gasteiger partial charge in [-0.15, -0.1) is 0 Å². The third-order valence-electron chi connectivity index (χ3n) is 2.27. The number of benzene rings is 2. The number of halogens is 1. The van der Waals surface area contributed by atoms with Crippen LogP contribution in [0.1, 0.15) is 0 Å². The van der Waals surface area contributed by atoms with Crippen molar-refractivity contribution in [3.63, 3.8) is 0 Å². The van der Waals surface area contributed by atoms with E-state index in [1.54, 1.807) is 6.07 Å². The molecule has 2 rings (SSSR count). The smallest absolute Gasteiger partial charge is 0.0635 e. The summed E-state index contributed by atoms with van der Waals surface area (Å²) in [6.45, 7) is 0. The van der Waals surface area contributed by atoms with Gasteiger partial charge < -0.3 is 11.5 Å². The molecule has 0 atom stereocenters. The van der Waals surface area contributed by atoms with Crippen molar-refractivity contribution in [3.8, 4) is 11.1 Å². The van der Waals surface area contributed by atoms with Gasteiger partial charge >= 0.3 is 0 Å². The van der Waals surface area contributed by atoms with E-state index in [0.717, 1.165) is 16.8 Å². The minimum Gasteiger partial charge on any atom is -0.398 e. The summed E-state index contributed by atoms with van der Waals surface area (Å²) in [6.07, 6.45) is 0. The van der Waals surface area contributed by atoms with Crippen LogP contribution < -0.4 is 11.5 Å². The fourth-order valence-electron chi connectivity index (χ4n) is 1.47. The van der Waals surface area contributed by atoms with Crippen LogP contribution in [0.25, 0.3) is 11.1 Å². The highest BCUT2D eigenvalue weighted by atomic mass is 35.5. The molecule has 0 aliphatic heterocycles. The van der Waals surface area contributed by atoms with Crippen molar-refractivity contribution in [1.82, 2.24) is 0 Å². The normalized spacial score (nSPS) is 10.2. The van der Waals surface area contributed by atoms with Gasteiger partial charge in [-0.2, -0.15) is 0 Å². The standard InChI is InChI=1S/C12H11ClN2/c13-10-6-5-8(7-12(10)15)9-3-1-2-4-11(9)14/h1-7H,14-15H2. The summed E-state index contributed by atoms with van der Waals surface area (Å²) in [5, 5.41) is 0.563. The zero-order valence-corrected chi connectivity index (χ0v) is 8.83. The molecule has 0 bridgehead atoms. The van der Waals surface area contributed by atoms with Gasteiger partial charge in [0.15, 0.2) is 0 Å². The Morgan fingerprint density at radius 1 is 0.867 bits per heavy atom. The van der Waals surface area contributed by atoms with E-state index in [4.69, 9.17) is 23.1 Å². The summed E-state index contributed by atoms with van der Waals surface area (Å²) in [5.74, 6) is 0. The summed E-state index contributed by atoms with van der Waals surface area (Å²) in [5.41, 5.74) is 14.9. The lowest BCUT2D eigenvalue weighted by molar-refractivity contribution is 1.60. The molecule has 76 valence electrons. The lowest BCUT2D eigenvalue weighted by atomic mass is 10.0. The molecule has 0 radical (unpaired) electrons. The van der Waals surface area contributed by atoms with Crippen molar-refractivity contribution in [2.75, 3.05) is 11.5 Å². The summed E-state index contributed by atoms with van der Waals surface area (Å²) < 4.78 is 0. The van der Waals surface area contributed by atoms with E-state index in [0.29, 0.717) is 10.7 Å². The van der Waals surface area contributed by atoms with Crippen molar-refractivity contribution in [2.24, 2.45) is 0 Å². The number of nitrogens with two attached hydrogens (primary N) is 2. The van der Waals surface area contributed by atoms with Crippen LogP contribution in [0.4, 0.5) is 11.4 Å². The lowest BCUT2D eigenvalue weighted by Crippen LogP contribution is -1.91. The van der Waals surface area contributed by atoms with Gasteiger partial charge in [0.25, 0.3) is 0 Å². The van der Waals surface area contributed by atoms with Crippen molar-refractivity contribution in [3.05, 3.63) is 47.5 Å². The molecular formula is C12H11ClN2. The Morgan fingerprint density at radius 3 is 2.27 bits per heavy atom. The van der Waals surface area contributed by atoms with Crippen LogP contribution in [0.2, 0.25) is 5.02 Å². The molecule has 0 heterocycles. The molecule has 15 heavy (non-hydrogen) atoms. The van der Waals surface area contributed by atoms with E-state index in [1.807, 2.05) is 36.4 Å². The first-order valence-electron chi connectivity index (χ1n) is 4.58. The van der Waals surface area contributed by atoms with Crippen molar-refractivity contribution >= 4 is 23.0 Å². The molecule has 0 saturated carbocycles. The Kier molecular flexibility index (Phi) is 2.52. The Morgan fingerprint density at radius 2 is 1.60 bits per heavy atom. The molecule has 3 heteroatoms. The minimum atomic E-state index is 0.563. The first kappa shape index (κ1) is 9.87. The number of rotatable bonds is 1. The summed E-state index contributed by atoms with van der Waals surface area (Å²) in [7, 11) is 0. The molecular weight excluding hydrogens is 208 g/mol. The SMILES string of the molecule is Nc1cc(-c2ccccc2N)ccc1Cl. The van der Waals surface area contributed by atoms with Gasteiger partial charge in [-0.3, -0.25) is 0 Å². The second kappa shape index (κ2) is 3.83. The fraction of sp³-hybridized carbons (Fsp3) is 0. The molecule has 0 saturated heterocycles. The maximum atomic E-state index is 5.87. The average molecular weight is 219 g/mol. The zero-order chi connectivity index (χ0) is 10.8. The first-order chi connectivity index (χ1) is 7.18. The van der Waals surface area contributed by atoms with Crippen molar-refractivity contribution in [1.29, 1.82) is 0 Å². The Bertz CT molecular complexity index is 495. The quantitative estimate of drug-likeness (QED) is 0.723. The zero-order valence-electron chi connectivity index (χ0n) is 8.07. The highest BCUT2D eigenvalue weighted by Gasteiger charge is 2.03. The lowest BCUT2D eigenvalue weighted by Gasteiger charge is -2.06. The van der Waals surface area contributed by atoms with Crippen LogP contribution in [-0.2, 0) is 0 Å². The number of para-hydroxylation sites is 1. The van der Waals surface area contributed by atoms with Gasteiger partial charge in [0.1, 0.15) is 0 Å². The maximum Gasteiger partial charge on any atom is 0.0635 e. The van der Waals surface area contributed by atoms with E-state index in [-0.39, 0.29) is 0 Å². The molecule has 0 amide bonds. The molecule has 0 aromatic heterocycles. The largest absolute Gasteiger partial charge is 0.398 e. The molecule has 0 unspecified atom stereocenters. The van der Waals surface area contributed by atoms with Crippen molar-refractivity contribution < 1.29 is 0 Å². The van der Waals surface area contributed by atoms with E-state index < -0.39 is 0 Å². The summed E-state index contributed by atoms with van der Waals surface area (Å²) in [4.78, 5) is 0. The molecule has 0 fully saturated rings. The number of nitrogen functional groups attached to an aromatic ring is 2.